The van der Waals surface area contributed by atoms with Crippen LogP contribution in [0.15, 0.2) is 18.2 Å². The highest BCUT2D eigenvalue weighted by Crippen LogP contribution is 2.21. The van der Waals surface area contributed by atoms with E-state index in [4.69, 9.17) is 10.5 Å². The Balaban J connectivity index is 0.00000288. The number of carbonyl (C=O) groups excluding carboxylic acids is 1. The van der Waals surface area contributed by atoms with Crippen molar-refractivity contribution in [2.45, 2.75) is 65.0 Å². The lowest BCUT2D eigenvalue weighted by Crippen LogP contribution is -2.51. The van der Waals surface area contributed by atoms with Crippen molar-refractivity contribution in [3.8, 4) is 5.75 Å². The summed E-state index contributed by atoms with van der Waals surface area (Å²) in [4.78, 5) is 14.4. The minimum absolute atomic E-state index is 0. The highest BCUT2D eigenvalue weighted by Gasteiger charge is 2.28. The van der Waals surface area contributed by atoms with Crippen molar-refractivity contribution in [1.82, 2.24) is 4.90 Å². The van der Waals surface area contributed by atoms with Crippen molar-refractivity contribution in [2.24, 2.45) is 5.73 Å². The molecule has 2 atom stereocenters. The Kier molecular flexibility index (Phi) is 8.57. The number of nitrogens with zero attached hydrogens (tertiary/aromatic N) is 1. The average Bonchev–Trinajstić information content (AvgIpc) is 2.54. The van der Waals surface area contributed by atoms with Gasteiger partial charge in [0, 0.05) is 25.0 Å². The molecule has 1 saturated heterocycles. The highest BCUT2D eigenvalue weighted by molar-refractivity contribution is 5.85. The fraction of sp³-hybridized carbons (Fsp3) is 0.632. The van der Waals surface area contributed by atoms with Crippen LogP contribution in [-0.2, 0) is 4.79 Å². The molecule has 2 N–H and O–H groups in total. The summed E-state index contributed by atoms with van der Waals surface area (Å²) in [6.07, 6.45) is 4.57. The molecule has 1 aliphatic rings. The Hall–Kier alpha value is -1.26. The molecule has 136 valence electrons. The van der Waals surface area contributed by atoms with Crippen LogP contribution in [0.25, 0.3) is 0 Å². The molecule has 1 aromatic carbocycles. The van der Waals surface area contributed by atoms with E-state index in [1.807, 2.05) is 24.0 Å². The number of aryl methyl sites for hydroxylation is 2. The van der Waals surface area contributed by atoms with Gasteiger partial charge in [-0.2, -0.15) is 0 Å². The molecular weight excluding hydrogens is 324 g/mol. The maximum atomic E-state index is 12.4. The third kappa shape index (κ3) is 5.67. The molecule has 1 aliphatic heterocycles. The van der Waals surface area contributed by atoms with Gasteiger partial charge in [-0.25, -0.2) is 0 Å². The molecule has 5 heteroatoms. The van der Waals surface area contributed by atoms with Gasteiger partial charge in [-0.15, -0.1) is 12.4 Å². The number of likely N-dealkylation sites (tertiary alicyclic amines) is 1. The minimum Gasteiger partial charge on any atom is -0.494 e. The van der Waals surface area contributed by atoms with Gasteiger partial charge in [0.2, 0.25) is 5.91 Å². The Labute approximate surface area is 152 Å². The summed E-state index contributed by atoms with van der Waals surface area (Å²) in [6.45, 7) is 7.59. The van der Waals surface area contributed by atoms with Crippen LogP contribution in [0.5, 0.6) is 5.75 Å². The molecule has 1 aromatic rings. The van der Waals surface area contributed by atoms with E-state index in [-0.39, 0.29) is 30.4 Å². The van der Waals surface area contributed by atoms with Gasteiger partial charge in [0.1, 0.15) is 5.75 Å². The third-order valence-electron chi connectivity index (χ3n) is 4.76. The number of piperidine rings is 1. The summed E-state index contributed by atoms with van der Waals surface area (Å²) in [6, 6.07) is 6.36. The fourth-order valence-corrected chi connectivity index (χ4v) is 3.17. The molecule has 24 heavy (non-hydrogen) atoms. The number of carbonyl (C=O) groups is 1. The van der Waals surface area contributed by atoms with Crippen molar-refractivity contribution in [3.63, 3.8) is 0 Å². The first-order valence-corrected chi connectivity index (χ1v) is 8.74. The lowest BCUT2D eigenvalue weighted by atomic mass is 9.96. The molecule has 2 rings (SSSR count). The van der Waals surface area contributed by atoms with E-state index in [1.165, 1.54) is 17.5 Å². The summed E-state index contributed by atoms with van der Waals surface area (Å²) < 4.78 is 5.76. The van der Waals surface area contributed by atoms with Gasteiger partial charge in [0.05, 0.1) is 6.61 Å². The zero-order valence-corrected chi connectivity index (χ0v) is 15.9. The largest absolute Gasteiger partial charge is 0.494 e. The summed E-state index contributed by atoms with van der Waals surface area (Å²) >= 11 is 0. The predicted octanol–water partition coefficient (Wildman–Crippen LogP) is 3.61. The molecule has 2 unspecified atom stereocenters. The van der Waals surface area contributed by atoms with Crippen LogP contribution in [0.2, 0.25) is 0 Å². The Morgan fingerprint density at radius 1 is 1.33 bits per heavy atom. The molecule has 0 aliphatic carbocycles. The normalized spacial score (nSPS) is 18.7. The van der Waals surface area contributed by atoms with E-state index >= 15 is 0 Å². The SMILES string of the molecule is Cc1ccc(OCCCC(=O)N2CCCCC2C(C)N)cc1C.Cl. The summed E-state index contributed by atoms with van der Waals surface area (Å²) in [7, 11) is 0. The minimum atomic E-state index is 0. The number of benzene rings is 1. The topological polar surface area (TPSA) is 55.6 Å². The highest BCUT2D eigenvalue weighted by atomic mass is 35.5. The van der Waals surface area contributed by atoms with Crippen LogP contribution in [0.4, 0.5) is 0 Å². The molecule has 4 nitrogen and oxygen atoms in total. The van der Waals surface area contributed by atoms with Gasteiger partial charge in [0.25, 0.3) is 0 Å². The van der Waals surface area contributed by atoms with Crippen molar-refractivity contribution in [3.05, 3.63) is 29.3 Å². The zero-order chi connectivity index (χ0) is 16.8. The lowest BCUT2D eigenvalue weighted by molar-refractivity contribution is -0.135. The van der Waals surface area contributed by atoms with Gasteiger partial charge in [-0.3, -0.25) is 4.79 Å². The zero-order valence-electron chi connectivity index (χ0n) is 15.1. The molecule has 0 saturated carbocycles. The Morgan fingerprint density at radius 3 is 2.75 bits per heavy atom. The molecule has 0 spiro atoms. The predicted molar refractivity (Wildman–Crippen MR) is 101 cm³/mol. The van der Waals surface area contributed by atoms with Crippen LogP contribution in [0.1, 0.15) is 50.2 Å². The maximum Gasteiger partial charge on any atom is 0.222 e. The molecule has 0 radical (unpaired) electrons. The van der Waals surface area contributed by atoms with E-state index in [1.54, 1.807) is 0 Å². The van der Waals surface area contributed by atoms with Gasteiger partial charge in [-0.1, -0.05) is 6.07 Å². The van der Waals surface area contributed by atoms with Gasteiger partial charge in [0.15, 0.2) is 0 Å². The summed E-state index contributed by atoms with van der Waals surface area (Å²) in [5.41, 5.74) is 8.53. The number of ether oxygens (including phenoxy) is 1. The van der Waals surface area contributed by atoms with Crippen LogP contribution < -0.4 is 10.5 Å². The van der Waals surface area contributed by atoms with E-state index in [9.17, 15) is 4.79 Å². The molecule has 0 aromatic heterocycles. The summed E-state index contributed by atoms with van der Waals surface area (Å²) in [5, 5.41) is 0. The number of hydrogen-bond acceptors (Lipinski definition) is 3. The number of halogens is 1. The van der Waals surface area contributed by atoms with Crippen molar-refractivity contribution in [2.75, 3.05) is 13.2 Å². The first-order valence-electron chi connectivity index (χ1n) is 8.74. The summed E-state index contributed by atoms with van der Waals surface area (Å²) in [5.74, 6) is 1.10. The smallest absolute Gasteiger partial charge is 0.222 e. The van der Waals surface area contributed by atoms with Gasteiger partial charge in [-0.05, 0) is 69.7 Å². The third-order valence-corrected chi connectivity index (χ3v) is 4.76. The second-order valence-corrected chi connectivity index (χ2v) is 6.71. The number of hydrogen-bond donors (Lipinski definition) is 1. The van der Waals surface area contributed by atoms with Gasteiger partial charge < -0.3 is 15.4 Å². The van der Waals surface area contributed by atoms with Crippen LogP contribution in [0, 0.1) is 13.8 Å². The van der Waals surface area contributed by atoms with Crippen LogP contribution in [-0.4, -0.2) is 36.0 Å². The fourth-order valence-electron chi connectivity index (χ4n) is 3.17. The average molecular weight is 355 g/mol. The van der Waals surface area contributed by atoms with Gasteiger partial charge >= 0.3 is 0 Å². The molecule has 1 heterocycles. The quantitative estimate of drug-likeness (QED) is 0.794. The molecular formula is C19H31ClN2O2. The second kappa shape index (κ2) is 9.90. The van der Waals surface area contributed by atoms with E-state index < -0.39 is 0 Å². The van der Waals surface area contributed by atoms with Crippen molar-refractivity contribution in [1.29, 1.82) is 0 Å². The standard InChI is InChI=1S/C19H30N2O2.ClH/c1-14-9-10-17(13-15(14)2)23-12-6-8-19(22)21-11-5-4-7-18(21)16(3)20;/h9-10,13,16,18H,4-8,11-12,20H2,1-3H3;1H. The van der Waals surface area contributed by atoms with Crippen LogP contribution in [0.3, 0.4) is 0 Å². The lowest BCUT2D eigenvalue weighted by Gasteiger charge is -2.38. The van der Waals surface area contributed by atoms with E-state index in [2.05, 4.69) is 19.9 Å². The van der Waals surface area contributed by atoms with E-state index in [0.29, 0.717) is 13.0 Å². The van der Waals surface area contributed by atoms with Crippen molar-refractivity contribution >= 4 is 18.3 Å². The number of rotatable bonds is 6. The second-order valence-electron chi connectivity index (χ2n) is 6.71. The Bertz CT molecular complexity index is 534. The Morgan fingerprint density at radius 2 is 2.08 bits per heavy atom. The number of nitrogens with two attached hydrogens (primary N) is 1. The molecule has 1 fully saturated rings. The first-order chi connectivity index (χ1) is 11.0. The molecule has 0 bridgehead atoms. The first kappa shape index (κ1) is 20.8. The maximum absolute atomic E-state index is 12.4. The number of amides is 1. The van der Waals surface area contributed by atoms with Crippen LogP contribution >= 0.6 is 12.4 Å². The van der Waals surface area contributed by atoms with E-state index in [0.717, 1.165) is 31.6 Å². The monoisotopic (exact) mass is 354 g/mol. The van der Waals surface area contributed by atoms with Crippen molar-refractivity contribution < 1.29 is 9.53 Å². The molecule has 1 amide bonds.